The van der Waals surface area contributed by atoms with Crippen LogP contribution in [0.15, 0.2) is 78.9 Å². The minimum Gasteiger partial charge on any atom is -0.363 e. The Morgan fingerprint density at radius 1 is 0.900 bits per heavy atom. The maximum atomic E-state index is 12.7. The van der Waals surface area contributed by atoms with Crippen molar-refractivity contribution in [3.63, 3.8) is 0 Å². The molecule has 1 heterocycles. The Morgan fingerprint density at radius 2 is 1.63 bits per heavy atom. The Hall–Kier alpha value is -3.44. The molecule has 0 fully saturated rings. The molecule has 0 saturated carbocycles. The number of rotatable bonds is 6. The van der Waals surface area contributed by atoms with Crippen LogP contribution in [0.4, 0.5) is 5.69 Å². The van der Waals surface area contributed by atoms with Gasteiger partial charge < -0.3 is 15.4 Å². The van der Waals surface area contributed by atoms with Crippen LogP contribution in [0.25, 0.3) is 0 Å². The van der Waals surface area contributed by atoms with E-state index in [2.05, 4.69) is 10.6 Å². The Labute approximate surface area is 176 Å². The molecule has 5 heteroatoms. The highest BCUT2D eigenvalue weighted by Gasteiger charge is 2.27. The van der Waals surface area contributed by atoms with Gasteiger partial charge in [0.25, 0.3) is 11.8 Å². The van der Waals surface area contributed by atoms with Crippen LogP contribution in [-0.2, 0) is 22.4 Å². The monoisotopic (exact) mass is 400 g/mol. The average molecular weight is 400 g/mol. The maximum Gasteiger partial charge on any atom is 0.258 e. The lowest BCUT2D eigenvalue weighted by Crippen LogP contribution is -2.28. The van der Waals surface area contributed by atoms with Gasteiger partial charge in [-0.15, -0.1) is 0 Å². The molecule has 5 nitrogen and oxygen atoms in total. The lowest BCUT2D eigenvalue weighted by atomic mass is 9.97. The van der Waals surface area contributed by atoms with Crippen LogP contribution in [-0.4, -0.2) is 25.0 Å². The molecule has 0 bridgehead atoms. The molecule has 2 amide bonds. The van der Waals surface area contributed by atoms with Crippen molar-refractivity contribution in [2.24, 2.45) is 0 Å². The van der Waals surface area contributed by atoms with E-state index < -0.39 is 6.10 Å². The zero-order valence-electron chi connectivity index (χ0n) is 16.6. The van der Waals surface area contributed by atoms with Crippen LogP contribution < -0.4 is 10.6 Å². The molecule has 0 saturated heterocycles. The van der Waals surface area contributed by atoms with Gasteiger partial charge >= 0.3 is 0 Å². The molecule has 0 spiro atoms. The molecule has 0 unspecified atom stereocenters. The summed E-state index contributed by atoms with van der Waals surface area (Å²) in [7, 11) is 0. The molecule has 1 atom stereocenters. The summed E-state index contributed by atoms with van der Waals surface area (Å²) in [6.45, 7) is 1.09. The number of carbonyl (C=O) groups is 2. The van der Waals surface area contributed by atoms with Crippen molar-refractivity contribution in [2.45, 2.75) is 18.9 Å². The van der Waals surface area contributed by atoms with Crippen LogP contribution in [0.5, 0.6) is 0 Å². The van der Waals surface area contributed by atoms with Crippen molar-refractivity contribution in [1.29, 1.82) is 0 Å². The first-order valence-electron chi connectivity index (χ1n) is 10.1. The fourth-order valence-electron chi connectivity index (χ4n) is 3.59. The second-order valence-corrected chi connectivity index (χ2v) is 7.26. The van der Waals surface area contributed by atoms with E-state index in [1.54, 1.807) is 24.3 Å². The molecular weight excluding hydrogens is 376 g/mol. The van der Waals surface area contributed by atoms with Crippen LogP contribution in [0.2, 0.25) is 0 Å². The summed E-state index contributed by atoms with van der Waals surface area (Å²) in [5, 5.41) is 5.81. The number of hydrogen-bond acceptors (Lipinski definition) is 3. The number of carbonyl (C=O) groups excluding carboxylic acids is 2. The largest absolute Gasteiger partial charge is 0.363 e. The third-order valence-corrected chi connectivity index (χ3v) is 5.19. The molecule has 2 N–H and O–H groups in total. The summed E-state index contributed by atoms with van der Waals surface area (Å²) in [4.78, 5) is 25.0. The van der Waals surface area contributed by atoms with Gasteiger partial charge in [-0.3, -0.25) is 9.59 Å². The maximum absolute atomic E-state index is 12.7. The number of fused-ring (bicyclic) bond motifs is 1. The first-order chi connectivity index (χ1) is 14.7. The van der Waals surface area contributed by atoms with E-state index in [1.807, 2.05) is 54.6 Å². The lowest BCUT2D eigenvalue weighted by molar-refractivity contribution is -0.128. The lowest BCUT2D eigenvalue weighted by Gasteiger charge is -2.25. The zero-order valence-corrected chi connectivity index (χ0v) is 16.6. The van der Waals surface area contributed by atoms with Gasteiger partial charge in [-0.25, -0.2) is 0 Å². The van der Waals surface area contributed by atoms with E-state index >= 15 is 0 Å². The second-order valence-electron chi connectivity index (χ2n) is 7.26. The summed E-state index contributed by atoms with van der Waals surface area (Å²) in [5.74, 6) is -0.337. The summed E-state index contributed by atoms with van der Waals surface area (Å²) < 4.78 is 5.70. The van der Waals surface area contributed by atoms with Gasteiger partial charge in [-0.05, 0) is 53.8 Å². The Morgan fingerprint density at radius 3 is 2.43 bits per heavy atom. The predicted molar refractivity (Wildman–Crippen MR) is 116 cm³/mol. The minimum atomic E-state index is -0.615. The molecule has 0 aromatic heterocycles. The fourth-order valence-corrected chi connectivity index (χ4v) is 3.59. The molecular formula is C25H24N2O3. The molecule has 3 aromatic rings. The van der Waals surface area contributed by atoms with Gasteiger partial charge in [0.2, 0.25) is 0 Å². The smallest absolute Gasteiger partial charge is 0.258 e. The van der Waals surface area contributed by atoms with E-state index in [-0.39, 0.29) is 11.8 Å². The van der Waals surface area contributed by atoms with Gasteiger partial charge in [0.05, 0.1) is 6.61 Å². The van der Waals surface area contributed by atoms with E-state index in [0.717, 1.165) is 24.0 Å². The quantitative estimate of drug-likeness (QED) is 0.659. The predicted octanol–water partition coefficient (Wildman–Crippen LogP) is 3.91. The van der Waals surface area contributed by atoms with Crippen molar-refractivity contribution >= 4 is 17.5 Å². The van der Waals surface area contributed by atoms with Crippen molar-refractivity contribution in [1.82, 2.24) is 5.32 Å². The van der Waals surface area contributed by atoms with E-state index in [9.17, 15) is 9.59 Å². The third-order valence-electron chi connectivity index (χ3n) is 5.19. The van der Waals surface area contributed by atoms with Gasteiger partial charge in [0.1, 0.15) is 0 Å². The number of nitrogens with one attached hydrogen (secondary N) is 2. The molecule has 152 valence electrons. The summed E-state index contributed by atoms with van der Waals surface area (Å²) >= 11 is 0. The summed E-state index contributed by atoms with van der Waals surface area (Å²) in [6.07, 6.45) is 0.980. The van der Waals surface area contributed by atoms with E-state index in [1.165, 1.54) is 5.56 Å². The second kappa shape index (κ2) is 9.37. The SMILES string of the molecule is O=C(NCCc1ccccc1)c1ccc(NC(=O)[C@H]2OCCc3ccccc32)cc1. The molecule has 0 aliphatic carbocycles. The highest BCUT2D eigenvalue weighted by Crippen LogP contribution is 2.28. The standard InChI is InChI=1S/C25H24N2O3/c28-24(26-16-14-18-6-2-1-3-7-18)20-10-12-21(13-11-20)27-25(29)23-22-9-5-4-8-19(22)15-17-30-23/h1-13,23H,14-17H2,(H,26,28)(H,27,29)/t23-/m0/s1. The molecule has 0 radical (unpaired) electrons. The normalized spacial score (nSPS) is 15.1. The highest BCUT2D eigenvalue weighted by atomic mass is 16.5. The first kappa shape index (κ1) is 19.9. The van der Waals surface area contributed by atoms with Gasteiger partial charge in [-0.2, -0.15) is 0 Å². The summed E-state index contributed by atoms with van der Waals surface area (Å²) in [5.41, 5.74) is 4.43. The first-order valence-corrected chi connectivity index (χ1v) is 10.1. The van der Waals surface area contributed by atoms with Crippen molar-refractivity contribution < 1.29 is 14.3 Å². The fraction of sp³-hybridized carbons (Fsp3) is 0.200. The number of hydrogen-bond donors (Lipinski definition) is 2. The van der Waals surface area contributed by atoms with Gasteiger partial charge in [0, 0.05) is 17.8 Å². The van der Waals surface area contributed by atoms with Crippen molar-refractivity contribution in [2.75, 3.05) is 18.5 Å². The zero-order chi connectivity index (χ0) is 20.8. The minimum absolute atomic E-state index is 0.131. The number of amides is 2. The highest BCUT2D eigenvalue weighted by molar-refractivity contribution is 5.97. The van der Waals surface area contributed by atoms with Gasteiger partial charge in [0.15, 0.2) is 6.10 Å². The Bertz CT molecular complexity index is 1020. The average Bonchev–Trinajstić information content (AvgIpc) is 2.80. The molecule has 3 aromatic carbocycles. The number of benzene rings is 3. The molecule has 1 aliphatic rings. The molecule has 1 aliphatic heterocycles. The van der Waals surface area contributed by atoms with E-state index in [0.29, 0.717) is 24.4 Å². The summed E-state index contributed by atoms with van der Waals surface area (Å²) in [6, 6.07) is 24.8. The van der Waals surface area contributed by atoms with Crippen LogP contribution in [0.1, 0.15) is 33.2 Å². The third kappa shape index (κ3) is 4.75. The molecule has 4 rings (SSSR count). The van der Waals surface area contributed by atoms with Crippen LogP contribution in [0.3, 0.4) is 0 Å². The number of anilines is 1. The topological polar surface area (TPSA) is 67.4 Å². The van der Waals surface area contributed by atoms with Gasteiger partial charge in [-0.1, -0.05) is 54.6 Å². The van der Waals surface area contributed by atoms with Crippen molar-refractivity contribution in [3.8, 4) is 0 Å². The Kier molecular flexibility index (Phi) is 6.20. The van der Waals surface area contributed by atoms with Crippen LogP contribution >= 0.6 is 0 Å². The van der Waals surface area contributed by atoms with Crippen LogP contribution in [0, 0.1) is 0 Å². The number of ether oxygens (including phenoxy) is 1. The molecule has 30 heavy (non-hydrogen) atoms. The Balaban J connectivity index is 1.32. The van der Waals surface area contributed by atoms with Crippen molar-refractivity contribution in [3.05, 3.63) is 101 Å². The van der Waals surface area contributed by atoms with E-state index in [4.69, 9.17) is 4.74 Å².